The number of nitrogens with zero attached hydrogens (tertiary/aromatic N) is 1. The Balaban J connectivity index is 3.73. The molecule has 0 saturated heterocycles. The van der Waals surface area contributed by atoms with Crippen LogP contribution in [0.25, 0.3) is 0 Å². The lowest BCUT2D eigenvalue weighted by Crippen LogP contribution is -2.41. The van der Waals surface area contributed by atoms with Crippen molar-refractivity contribution in [2.45, 2.75) is 40.2 Å². The van der Waals surface area contributed by atoms with Crippen molar-refractivity contribution in [3.8, 4) is 0 Å². The smallest absolute Gasteiger partial charge is 0.0184 e. The van der Waals surface area contributed by atoms with E-state index in [1.165, 1.54) is 5.57 Å². The SMILES string of the molecule is C=C(C)CN(C)CC(C)CNC(C)(C)C. The summed E-state index contributed by atoms with van der Waals surface area (Å²) in [6.45, 7) is 18.1. The second-order valence-corrected chi connectivity index (χ2v) is 5.89. The maximum atomic E-state index is 3.93. The highest BCUT2D eigenvalue weighted by atomic mass is 15.1. The van der Waals surface area contributed by atoms with Crippen molar-refractivity contribution in [2.75, 3.05) is 26.7 Å². The zero-order chi connectivity index (χ0) is 12.1. The third-order valence-electron chi connectivity index (χ3n) is 2.14. The lowest BCUT2D eigenvalue weighted by atomic mass is 10.1. The van der Waals surface area contributed by atoms with Gasteiger partial charge in [-0.2, -0.15) is 0 Å². The predicted octanol–water partition coefficient (Wildman–Crippen LogP) is 2.52. The molecule has 2 heteroatoms. The first-order valence-corrected chi connectivity index (χ1v) is 5.78. The highest BCUT2D eigenvalue weighted by Gasteiger charge is 2.12. The van der Waals surface area contributed by atoms with Crippen LogP contribution in [0.5, 0.6) is 0 Å². The summed E-state index contributed by atoms with van der Waals surface area (Å²) in [5, 5.41) is 3.53. The highest BCUT2D eigenvalue weighted by molar-refractivity contribution is 4.91. The lowest BCUT2D eigenvalue weighted by Gasteiger charge is -2.26. The molecule has 0 saturated carbocycles. The molecule has 0 aromatic heterocycles. The summed E-state index contributed by atoms with van der Waals surface area (Å²) in [5.74, 6) is 0.675. The van der Waals surface area contributed by atoms with Crippen LogP contribution in [0.4, 0.5) is 0 Å². The van der Waals surface area contributed by atoms with Crippen LogP contribution in [-0.2, 0) is 0 Å². The molecule has 1 atom stereocenters. The summed E-state index contributed by atoms with van der Waals surface area (Å²) in [6, 6.07) is 0. The van der Waals surface area contributed by atoms with E-state index in [2.05, 4.69) is 58.5 Å². The van der Waals surface area contributed by atoms with E-state index < -0.39 is 0 Å². The van der Waals surface area contributed by atoms with Crippen LogP contribution in [0.1, 0.15) is 34.6 Å². The highest BCUT2D eigenvalue weighted by Crippen LogP contribution is 2.03. The number of hydrogen-bond acceptors (Lipinski definition) is 2. The minimum Gasteiger partial charge on any atom is -0.312 e. The zero-order valence-electron chi connectivity index (χ0n) is 11.4. The van der Waals surface area contributed by atoms with Gasteiger partial charge in [0.05, 0.1) is 0 Å². The van der Waals surface area contributed by atoms with Crippen LogP contribution in [0, 0.1) is 5.92 Å². The molecular formula is C13H28N2. The number of likely N-dealkylation sites (N-methyl/N-ethyl adjacent to an activating group) is 1. The summed E-state index contributed by atoms with van der Waals surface area (Å²) in [6.07, 6.45) is 0. The molecule has 1 unspecified atom stereocenters. The van der Waals surface area contributed by atoms with E-state index in [1.54, 1.807) is 0 Å². The van der Waals surface area contributed by atoms with Gasteiger partial charge in [-0.3, -0.25) is 0 Å². The fraction of sp³-hybridized carbons (Fsp3) is 0.846. The number of nitrogens with one attached hydrogen (secondary N) is 1. The molecule has 0 amide bonds. The minimum absolute atomic E-state index is 0.223. The fourth-order valence-electron chi connectivity index (χ4n) is 1.60. The topological polar surface area (TPSA) is 15.3 Å². The largest absolute Gasteiger partial charge is 0.312 e. The second-order valence-electron chi connectivity index (χ2n) is 5.89. The molecule has 0 spiro atoms. The normalized spacial score (nSPS) is 14.3. The first-order chi connectivity index (χ1) is 6.70. The van der Waals surface area contributed by atoms with Gasteiger partial charge in [0.15, 0.2) is 0 Å². The van der Waals surface area contributed by atoms with Gasteiger partial charge >= 0.3 is 0 Å². The molecule has 1 N–H and O–H groups in total. The molecule has 0 rings (SSSR count). The van der Waals surface area contributed by atoms with Gasteiger partial charge in [0.2, 0.25) is 0 Å². The van der Waals surface area contributed by atoms with E-state index in [1.807, 2.05) is 0 Å². The molecule has 0 radical (unpaired) electrons. The lowest BCUT2D eigenvalue weighted by molar-refractivity contribution is 0.283. The average Bonchev–Trinajstić information content (AvgIpc) is 1.97. The quantitative estimate of drug-likeness (QED) is 0.681. The van der Waals surface area contributed by atoms with E-state index in [4.69, 9.17) is 0 Å². The Morgan fingerprint density at radius 1 is 1.40 bits per heavy atom. The Labute approximate surface area is 95.7 Å². The number of rotatable bonds is 6. The van der Waals surface area contributed by atoms with E-state index in [9.17, 15) is 0 Å². The van der Waals surface area contributed by atoms with Crippen molar-refractivity contribution in [3.05, 3.63) is 12.2 Å². The van der Waals surface area contributed by atoms with Gasteiger partial charge < -0.3 is 10.2 Å². The molecule has 0 aromatic carbocycles. The average molecular weight is 212 g/mol. The van der Waals surface area contributed by atoms with Gasteiger partial charge in [-0.1, -0.05) is 19.1 Å². The monoisotopic (exact) mass is 212 g/mol. The molecule has 0 aliphatic rings. The molecule has 0 heterocycles. The maximum absolute atomic E-state index is 3.93. The molecular weight excluding hydrogens is 184 g/mol. The van der Waals surface area contributed by atoms with Crippen molar-refractivity contribution < 1.29 is 0 Å². The van der Waals surface area contributed by atoms with Gasteiger partial charge in [-0.05, 0) is 47.2 Å². The summed E-state index contributed by atoms with van der Waals surface area (Å²) >= 11 is 0. The van der Waals surface area contributed by atoms with Gasteiger partial charge in [0.25, 0.3) is 0 Å². The second kappa shape index (κ2) is 6.29. The third-order valence-corrected chi connectivity index (χ3v) is 2.14. The Morgan fingerprint density at radius 2 is 1.93 bits per heavy atom. The molecule has 0 bridgehead atoms. The first kappa shape index (κ1) is 14.7. The van der Waals surface area contributed by atoms with E-state index in [0.717, 1.165) is 19.6 Å². The zero-order valence-corrected chi connectivity index (χ0v) is 11.4. The van der Waals surface area contributed by atoms with E-state index in [0.29, 0.717) is 5.92 Å². The Kier molecular flexibility index (Phi) is 6.15. The summed E-state index contributed by atoms with van der Waals surface area (Å²) in [7, 11) is 2.16. The Hall–Kier alpha value is -0.340. The first-order valence-electron chi connectivity index (χ1n) is 5.78. The third kappa shape index (κ3) is 9.95. The van der Waals surface area contributed by atoms with Crippen LogP contribution in [0.15, 0.2) is 12.2 Å². The Morgan fingerprint density at radius 3 is 2.33 bits per heavy atom. The molecule has 0 fully saturated rings. The fourth-order valence-corrected chi connectivity index (χ4v) is 1.60. The molecule has 0 aliphatic heterocycles. The standard InChI is InChI=1S/C13H28N2/c1-11(2)9-15(7)10-12(3)8-14-13(4,5)6/h12,14H,1,8-10H2,2-7H3. The van der Waals surface area contributed by atoms with E-state index >= 15 is 0 Å². The van der Waals surface area contributed by atoms with Crippen molar-refractivity contribution in [1.82, 2.24) is 10.2 Å². The van der Waals surface area contributed by atoms with Crippen LogP contribution < -0.4 is 5.32 Å². The summed E-state index contributed by atoms with van der Waals surface area (Å²) in [5.41, 5.74) is 1.45. The molecule has 0 aliphatic carbocycles. The molecule has 2 nitrogen and oxygen atoms in total. The van der Waals surface area contributed by atoms with Gasteiger partial charge in [-0.25, -0.2) is 0 Å². The van der Waals surface area contributed by atoms with Gasteiger partial charge in [0, 0.05) is 18.6 Å². The van der Waals surface area contributed by atoms with Crippen LogP contribution in [0.2, 0.25) is 0 Å². The Bertz CT molecular complexity index is 191. The number of hydrogen-bond donors (Lipinski definition) is 1. The van der Waals surface area contributed by atoms with Crippen molar-refractivity contribution >= 4 is 0 Å². The van der Waals surface area contributed by atoms with Gasteiger partial charge in [-0.15, -0.1) is 0 Å². The summed E-state index contributed by atoms with van der Waals surface area (Å²) < 4.78 is 0. The van der Waals surface area contributed by atoms with Crippen molar-refractivity contribution in [3.63, 3.8) is 0 Å². The molecule has 0 aromatic rings. The predicted molar refractivity (Wildman–Crippen MR) is 69.2 cm³/mol. The minimum atomic E-state index is 0.223. The van der Waals surface area contributed by atoms with Crippen LogP contribution in [-0.4, -0.2) is 37.1 Å². The van der Waals surface area contributed by atoms with E-state index in [-0.39, 0.29) is 5.54 Å². The molecule has 15 heavy (non-hydrogen) atoms. The van der Waals surface area contributed by atoms with Crippen molar-refractivity contribution in [1.29, 1.82) is 0 Å². The van der Waals surface area contributed by atoms with Crippen LogP contribution in [0.3, 0.4) is 0 Å². The molecule has 90 valence electrons. The van der Waals surface area contributed by atoms with Gasteiger partial charge in [0.1, 0.15) is 0 Å². The summed E-state index contributed by atoms with van der Waals surface area (Å²) in [4.78, 5) is 2.33. The van der Waals surface area contributed by atoms with Crippen molar-refractivity contribution in [2.24, 2.45) is 5.92 Å². The van der Waals surface area contributed by atoms with Crippen LogP contribution >= 0.6 is 0 Å². The maximum Gasteiger partial charge on any atom is 0.0184 e.